The molecule has 2 aromatic rings. The Kier molecular flexibility index (Phi) is 4.01. The number of carboxylic acid groups (broad SMARTS) is 1. The monoisotopic (exact) mass is 280 g/mol. The Morgan fingerprint density at radius 3 is 3.00 bits per heavy atom. The Labute approximate surface area is 115 Å². The highest BCUT2D eigenvalue weighted by molar-refractivity contribution is 6.33. The lowest BCUT2D eigenvalue weighted by atomic mass is 10.2. The molecule has 0 radical (unpaired) electrons. The molecule has 1 heterocycles. The van der Waals surface area contributed by atoms with Crippen molar-refractivity contribution in [1.82, 2.24) is 15.0 Å². The maximum atomic E-state index is 10.6. The molecule has 0 spiro atoms. The molecule has 1 aromatic carbocycles. The van der Waals surface area contributed by atoms with E-state index in [0.29, 0.717) is 18.1 Å². The van der Waals surface area contributed by atoms with E-state index in [1.165, 1.54) is 10.9 Å². The van der Waals surface area contributed by atoms with Gasteiger partial charge in [0.2, 0.25) is 0 Å². The number of rotatable bonds is 5. The number of carbonyl (C=O) groups is 1. The molecule has 0 bridgehead atoms. The van der Waals surface area contributed by atoms with E-state index in [1.54, 1.807) is 0 Å². The summed E-state index contributed by atoms with van der Waals surface area (Å²) in [5.41, 5.74) is 1.79. The average Bonchev–Trinajstić information content (AvgIpc) is 2.83. The van der Waals surface area contributed by atoms with Crippen LogP contribution in [0, 0.1) is 6.92 Å². The molecule has 100 valence electrons. The lowest BCUT2D eigenvalue weighted by Gasteiger charge is -2.09. The lowest BCUT2D eigenvalue weighted by molar-refractivity contribution is 0.0690. The van der Waals surface area contributed by atoms with Crippen LogP contribution in [-0.2, 0) is 6.54 Å². The summed E-state index contributed by atoms with van der Waals surface area (Å²) in [4.78, 5) is 10.6. The molecular formula is C12H13ClN4O2. The molecule has 0 saturated carbocycles. The summed E-state index contributed by atoms with van der Waals surface area (Å²) in [5.74, 6) is -1.08. The van der Waals surface area contributed by atoms with Gasteiger partial charge in [-0.15, -0.1) is 5.10 Å². The number of benzene rings is 1. The van der Waals surface area contributed by atoms with Crippen molar-refractivity contribution in [1.29, 1.82) is 0 Å². The average molecular weight is 281 g/mol. The topological polar surface area (TPSA) is 80.0 Å². The van der Waals surface area contributed by atoms with Crippen LogP contribution < -0.4 is 5.32 Å². The maximum absolute atomic E-state index is 10.6. The van der Waals surface area contributed by atoms with Gasteiger partial charge >= 0.3 is 5.97 Å². The molecule has 1 aromatic heterocycles. The number of aromatic nitrogens is 3. The van der Waals surface area contributed by atoms with E-state index in [1.807, 2.05) is 25.1 Å². The summed E-state index contributed by atoms with van der Waals surface area (Å²) in [6, 6.07) is 5.74. The Morgan fingerprint density at radius 1 is 1.53 bits per heavy atom. The number of aromatic carboxylic acids is 1. The number of carboxylic acids is 1. The highest BCUT2D eigenvalue weighted by Gasteiger charge is 2.08. The Balaban J connectivity index is 1.92. The number of hydrogen-bond donors (Lipinski definition) is 2. The second kappa shape index (κ2) is 5.71. The van der Waals surface area contributed by atoms with Crippen LogP contribution in [0.15, 0.2) is 24.4 Å². The van der Waals surface area contributed by atoms with E-state index in [-0.39, 0.29) is 5.69 Å². The van der Waals surface area contributed by atoms with Gasteiger partial charge in [0.1, 0.15) is 0 Å². The summed E-state index contributed by atoms with van der Waals surface area (Å²) in [6.45, 7) is 3.01. The molecule has 7 heteroatoms. The number of aryl methyl sites for hydroxylation is 1. The van der Waals surface area contributed by atoms with Crippen molar-refractivity contribution in [2.75, 3.05) is 11.9 Å². The first kappa shape index (κ1) is 13.4. The molecule has 0 saturated heterocycles. The molecule has 6 nitrogen and oxygen atoms in total. The van der Waals surface area contributed by atoms with Crippen molar-refractivity contribution in [3.8, 4) is 0 Å². The van der Waals surface area contributed by atoms with Crippen LogP contribution in [0.5, 0.6) is 0 Å². The smallest absolute Gasteiger partial charge is 0.358 e. The lowest BCUT2D eigenvalue weighted by Crippen LogP contribution is -2.11. The third-order valence-corrected chi connectivity index (χ3v) is 3.11. The first-order valence-corrected chi connectivity index (χ1v) is 6.08. The Bertz CT molecular complexity index is 597. The molecule has 2 rings (SSSR count). The van der Waals surface area contributed by atoms with Gasteiger partial charge in [-0.2, -0.15) is 0 Å². The molecule has 0 aliphatic heterocycles. The van der Waals surface area contributed by atoms with Crippen LogP contribution >= 0.6 is 11.6 Å². The fraction of sp³-hybridized carbons (Fsp3) is 0.250. The van der Waals surface area contributed by atoms with E-state index < -0.39 is 5.97 Å². The predicted octanol–water partition coefficient (Wildman–Crippen LogP) is 2.05. The molecule has 0 aliphatic carbocycles. The van der Waals surface area contributed by atoms with E-state index in [2.05, 4.69) is 15.6 Å². The molecule has 0 atom stereocenters. The van der Waals surface area contributed by atoms with Crippen LogP contribution in [0.2, 0.25) is 5.02 Å². The van der Waals surface area contributed by atoms with Crippen LogP contribution in [0.4, 0.5) is 5.69 Å². The quantitative estimate of drug-likeness (QED) is 0.876. The molecule has 0 aliphatic rings. The van der Waals surface area contributed by atoms with E-state index >= 15 is 0 Å². The van der Waals surface area contributed by atoms with E-state index in [9.17, 15) is 4.79 Å². The van der Waals surface area contributed by atoms with Crippen LogP contribution in [0.25, 0.3) is 0 Å². The van der Waals surface area contributed by atoms with Gasteiger partial charge in [0.05, 0.1) is 23.5 Å². The fourth-order valence-electron chi connectivity index (χ4n) is 1.59. The Hall–Kier alpha value is -2.08. The molecule has 0 unspecified atom stereocenters. The standard InChI is InChI=1S/C12H13ClN4O2/c1-8-3-2-4-9(11(8)13)14-5-6-17-7-10(12(18)19)15-16-17/h2-4,7,14H,5-6H2,1H3,(H,18,19). The third-order valence-electron chi connectivity index (χ3n) is 2.61. The number of nitrogens with one attached hydrogen (secondary N) is 1. The van der Waals surface area contributed by atoms with Gasteiger partial charge < -0.3 is 10.4 Å². The Morgan fingerprint density at radius 2 is 2.32 bits per heavy atom. The van der Waals surface area contributed by atoms with Gasteiger partial charge in [0.25, 0.3) is 0 Å². The van der Waals surface area contributed by atoms with Gasteiger partial charge in [-0.25, -0.2) is 9.48 Å². The second-order valence-electron chi connectivity index (χ2n) is 4.04. The number of halogens is 1. The summed E-state index contributed by atoms with van der Waals surface area (Å²) < 4.78 is 1.47. The first-order valence-electron chi connectivity index (χ1n) is 5.70. The van der Waals surface area contributed by atoms with Crippen molar-refractivity contribution in [2.24, 2.45) is 0 Å². The van der Waals surface area contributed by atoms with Crippen molar-refractivity contribution < 1.29 is 9.90 Å². The molecule has 2 N–H and O–H groups in total. The summed E-state index contributed by atoms with van der Waals surface area (Å²) in [5, 5.41) is 19.8. The van der Waals surface area contributed by atoms with Gasteiger partial charge in [0.15, 0.2) is 5.69 Å². The van der Waals surface area contributed by atoms with Crippen molar-refractivity contribution in [3.63, 3.8) is 0 Å². The zero-order valence-electron chi connectivity index (χ0n) is 10.3. The normalized spacial score (nSPS) is 10.4. The zero-order chi connectivity index (χ0) is 13.8. The molecule has 0 amide bonds. The number of anilines is 1. The fourth-order valence-corrected chi connectivity index (χ4v) is 1.79. The van der Waals surface area contributed by atoms with Crippen molar-refractivity contribution >= 4 is 23.3 Å². The van der Waals surface area contributed by atoms with E-state index in [0.717, 1.165) is 11.3 Å². The van der Waals surface area contributed by atoms with Crippen molar-refractivity contribution in [2.45, 2.75) is 13.5 Å². The second-order valence-corrected chi connectivity index (χ2v) is 4.41. The molecule has 0 fully saturated rings. The largest absolute Gasteiger partial charge is 0.476 e. The van der Waals surface area contributed by atoms with Crippen molar-refractivity contribution in [3.05, 3.63) is 40.7 Å². The SMILES string of the molecule is Cc1cccc(NCCn2cc(C(=O)O)nn2)c1Cl. The number of hydrogen-bond acceptors (Lipinski definition) is 4. The minimum atomic E-state index is -1.08. The van der Waals surface area contributed by atoms with Gasteiger partial charge in [-0.1, -0.05) is 28.9 Å². The minimum Gasteiger partial charge on any atom is -0.476 e. The minimum absolute atomic E-state index is 0.0615. The van der Waals surface area contributed by atoms with Crippen LogP contribution in [-0.4, -0.2) is 32.6 Å². The van der Waals surface area contributed by atoms with Crippen LogP contribution in [0.3, 0.4) is 0 Å². The van der Waals surface area contributed by atoms with Crippen LogP contribution in [0.1, 0.15) is 16.1 Å². The summed E-state index contributed by atoms with van der Waals surface area (Å²) >= 11 is 6.15. The highest BCUT2D eigenvalue weighted by Crippen LogP contribution is 2.24. The molecular weight excluding hydrogens is 268 g/mol. The summed E-state index contributed by atoms with van der Waals surface area (Å²) in [7, 11) is 0. The summed E-state index contributed by atoms with van der Waals surface area (Å²) in [6.07, 6.45) is 1.39. The predicted molar refractivity (Wildman–Crippen MR) is 71.7 cm³/mol. The van der Waals surface area contributed by atoms with E-state index in [4.69, 9.17) is 16.7 Å². The van der Waals surface area contributed by atoms with Gasteiger partial charge in [-0.3, -0.25) is 0 Å². The third kappa shape index (κ3) is 3.23. The van der Waals surface area contributed by atoms with Gasteiger partial charge in [-0.05, 0) is 18.6 Å². The number of nitrogens with zero attached hydrogens (tertiary/aromatic N) is 3. The molecule has 19 heavy (non-hydrogen) atoms. The maximum Gasteiger partial charge on any atom is 0.358 e. The zero-order valence-corrected chi connectivity index (χ0v) is 11.1. The first-order chi connectivity index (χ1) is 9.08. The highest BCUT2D eigenvalue weighted by atomic mass is 35.5. The van der Waals surface area contributed by atoms with Gasteiger partial charge in [0, 0.05) is 6.54 Å².